The third kappa shape index (κ3) is 11.4. The predicted molar refractivity (Wildman–Crippen MR) is 132 cm³/mol. The second-order valence-corrected chi connectivity index (χ2v) is 8.38. The number of ether oxygens (including phenoxy) is 2. The number of carboxylic acids is 2. The quantitative estimate of drug-likeness (QED) is 0.271. The van der Waals surface area contributed by atoms with E-state index < -0.39 is 11.9 Å². The van der Waals surface area contributed by atoms with Crippen LogP contribution in [-0.4, -0.2) is 84.4 Å². The zero-order chi connectivity index (χ0) is 26.3. The van der Waals surface area contributed by atoms with Crippen molar-refractivity contribution in [3.8, 4) is 0 Å². The molecule has 0 radical (unpaired) electrons. The Hall–Kier alpha value is -3.28. The first-order valence-electron chi connectivity index (χ1n) is 12.0. The Balaban J connectivity index is 0.000000493. The maximum Gasteiger partial charge on any atom is 0.328 e. The fourth-order valence-electron chi connectivity index (χ4n) is 3.86. The van der Waals surface area contributed by atoms with Crippen LogP contribution in [0.15, 0.2) is 30.4 Å². The highest BCUT2D eigenvalue weighted by Crippen LogP contribution is 2.23. The van der Waals surface area contributed by atoms with Crippen molar-refractivity contribution >= 4 is 29.5 Å². The second kappa shape index (κ2) is 15.7. The number of amides is 1. The van der Waals surface area contributed by atoms with Gasteiger partial charge in [-0.1, -0.05) is 6.07 Å². The van der Waals surface area contributed by atoms with Gasteiger partial charge in [-0.15, -0.1) is 0 Å². The van der Waals surface area contributed by atoms with Crippen molar-refractivity contribution in [2.24, 2.45) is 0 Å². The van der Waals surface area contributed by atoms with Crippen molar-refractivity contribution in [3.05, 3.63) is 41.5 Å². The Kier molecular flexibility index (Phi) is 12.6. The molecule has 4 N–H and O–H groups in total. The summed E-state index contributed by atoms with van der Waals surface area (Å²) in [6.45, 7) is 6.64. The van der Waals surface area contributed by atoms with Gasteiger partial charge in [0, 0.05) is 37.5 Å². The van der Waals surface area contributed by atoms with Crippen LogP contribution in [0.3, 0.4) is 0 Å². The summed E-state index contributed by atoms with van der Waals surface area (Å²) in [4.78, 5) is 45.1. The normalized spacial score (nSPS) is 15.9. The molecule has 2 heterocycles. The molecule has 0 unspecified atom stereocenters. The maximum absolute atomic E-state index is 12.2. The molecule has 0 saturated carbocycles. The maximum atomic E-state index is 12.2. The predicted octanol–water partition coefficient (Wildman–Crippen LogP) is 1.42. The van der Waals surface area contributed by atoms with Crippen molar-refractivity contribution in [1.82, 2.24) is 10.2 Å². The number of aliphatic carboxylic acids is 2. The number of piperidine rings is 1. The van der Waals surface area contributed by atoms with Crippen LogP contribution in [0.4, 0.5) is 5.69 Å². The van der Waals surface area contributed by atoms with E-state index in [2.05, 4.69) is 21.6 Å². The molecule has 2 aliphatic heterocycles. The van der Waals surface area contributed by atoms with E-state index in [0.29, 0.717) is 31.7 Å². The number of anilines is 1. The Morgan fingerprint density at radius 3 is 2.44 bits per heavy atom. The van der Waals surface area contributed by atoms with Crippen LogP contribution in [0, 0.1) is 0 Å². The monoisotopic (exact) mass is 505 g/mol. The zero-order valence-electron chi connectivity index (χ0n) is 20.5. The Labute approximate surface area is 210 Å². The third-order valence-electron chi connectivity index (χ3n) is 5.62. The lowest BCUT2D eigenvalue weighted by atomic mass is 9.99. The molecule has 1 fully saturated rings. The average Bonchev–Trinajstić information content (AvgIpc) is 2.86. The summed E-state index contributed by atoms with van der Waals surface area (Å²) in [5, 5.41) is 21.9. The zero-order valence-corrected chi connectivity index (χ0v) is 20.5. The van der Waals surface area contributed by atoms with Crippen LogP contribution in [0.2, 0.25) is 0 Å². The van der Waals surface area contributed by atoms with Gasteiger partial charge in [-0.2, -0.15) is 0 Å². The molecule has 0 atom stereocenters. The van der Waals surface area contributed by atoms with Gasteiger partial charge in [0.15, 0.2) is 0 Å². The topological polar surface area (TPSA) is 154 Å². The molecule has 0 bridgehead atoms. The number of hydrogen-bond acceptors (Lipinski definition) is 8. The van der Waals surface area contributed by atoms with Crippen LogP contribution in [0.5, 0.6) is 0 Å². The molecule has 3 rings (SSSR count). The molecule has 1 aromatic rings. The summed E-state index contributed by atoms with van der Waals surface area (Å²) in [6.07, 6.45) is 4.55. The van der Waals surface area contributed by atoms with E-state index >= 15 is 0 Å². The average molecular weight is 506 g/mol. The van der Waals surface area contributed by atoms with Crippen LogP contribution in [0.1, 0.15) is 37.3 Å². The van der Waals surface area contributed by atoms with E-state index in [9.17, 15) is 19.2 Å². The van der Waals surface area contributed by atoms with Gasteiger partial charge >= 0.3 is 17.9 Å². The van der Waals surface area contributed by atoms with Crippen molar-refractivity contribution < 1.29 is 38.9 Å². The van der Waals surface area contributed by atoms with E-state index in [4.69, 9.17) is 19.7 Å². The lowest BCUT2D eigenvalue weighted by Crippen LogP contribution is -2.34. The van der Waals surface area contributed by atoms with E-state index in [1.54, 1.807) is 0 Å². The first-order valence-corrected chi connectivity index (χ1v) is 12.0. The minimum Gasteiger partial charge on any atom is -0.478 e. The molecule has 11 heteroatoms. The molecule has 2 aliphatic rings. The van der Waals surface area contributed by atoms with E-state index in [1.807, 2.05) is 19.1 Å². The van der Waals surface area contributed by atoms with Crippen LogP contribution >= 0.6 is 0 Å². The lowest BCUT2D eigenvalue weighted by Gasteiger charge is -2.28. The van der Waals surface area contributed by atoms with Gasteiger partial charge in [0.2, 0.25) is 5.91 Å². The molecule has 0 spiro atoms. The first kappa shape index (κ1) is 29.0. The van der Waals surface area contributed by atoms with Gasteiger partial charge < -0.3 is 30.3 Å². The summed E-state index contributed by atoms with van der Waals surface area (Å²) >= 11 is 0. The lowest BCUT2D eigenvalue weighted by molar-refractivity contribution is -0.143. The Bertz CT molecular complexity index is 912. The number of carbonyl (C=O) groups excluding carboxylic acids is 2. The van der Waals surface area contributed by atoms with Gasteiger partial charge in [0.1, 0.15) is 6.61 Å². The number of esters is 1. The van der Waals surface area contributed by atoms with Gasteiger partial charge in [0.25, 0.3) is 0 Å². The summed E-state index contributed by atoms with van der Waals surface area (Å²) in [7, 11) is 0. The summed E-state index contributed by atoms with van der Waals surface area (Å²) < 4.78 is 10.7. The molecule has 36 heavy (non-hydrogen) atoms. The minimum absolute atomic E-state index is 0.0907. The fourth-order valence-corrected chi connectivity index (χ4v) is 3.86. The fraction of sp³-hybridized carbons (Fsp3) is 0.520. The third-order valence-corrected chi connectivity index (χ3v) is 5.62. The number of carbonyl (C=O) groups is 4. The minimum atomic E-state index is -1.26. The summed E-state index contributed by atoms with van der Waals surface area (Å²) in [5.74, 6) is -2.78. The van der Waals surface area contributed by atoms with Crippen molar-refractivity contribution in [3.63, 3.8) is 0 Å². The van der Waals surface area contributed by atoms with Crippen molar-refractivity contribution in [2.75, 3.05) is 44.7 Å². The number of fused-ring (bicyclic) bond motifs is 1. The highest BCUT2D eigenvalue weighted by molar-refractivity contribution is 5.92. The molecule has 1 aromatic carbocycles. The molecular formula is C25H35N3O8. The van der Waals surface area contributed by atoms with Crippen LogP contribution < -0.4 is 10.6 Å². The van der Waals surface area contributed by atoms with Crippen molar-refractivity contribution in [1.29, 1.82) is 0 Å². The van der Waals surface area contributed by atoms with Crippen molar-refractivity contribution in [2.45, 2.75) is 45.3 Å². The van der Waals surface area contributed by atoms with E-state index in [-0.39, 0.29) is 24.6 Å². The van der Waals surface area contributed by atoms with Crippen LogP contribution in [0.25, 0.3) is 0 Å². The standard InChI is InChI=1S/C21H31N3O4.C4H4O4/c1-2-27-21(26)8-12-24-11-7-16-3-4-18(13-17(16)14-24)23-20(25)15-28-19-5-9-22-10-6-19;5-3(6)1-2-4(7)8/h3-4,13,19,22H,2,5-12,14-15H2,1H3,(H,23,25);1-2H,(H,5,6)(H,7,8)/b;2-1-. The van der Waals surface area contributed by atoms with Gasteiger partial charge in [-0.25, -0.2) is 9.59 Å². The molecule has 0 aromatic heterocycles. The molecule has 198 valence electrons. The smallest absolute Gasteiger partial charge is 0.328 e. The first-order chi connectivity index (χ1) is 17.3. The van der Waals surface area contributed by atoms with E-state index in [0.717, 1.165) is 51.1 Å². The second-order valence-electron chi connectivity index (χ2n) is 8.38. The molecule has 0 aliphatic carbocycles. The van der Waals surface area contributed by atoms with Gasteiger partial charge in [-0.05, 0) is 62.5 Å². The number of hydrogen-bond donors (Lipinski definition) is 4. The molecule has 11 nitrogen and oxygen atoms in total. The summed E-state index contributed by atoms with van der Waals surface area (Å²) in [6, 6.07) is 6.07. The number of carboxylic acid groups (broad SMARTS) is 2. The van der Waals surface area contributed by atoms with E-state index in [1.165, 1.54) is 11.1 Å². The number of nitrogens with zero attached hydrogens (tertiary/aromatic N) is 1. The Morgan fingerprint density at radius 1 is 1.11 bits per heavy atom. The molecule has 1 saturated heterocycles. The highest BCUT2D eigenvalue weighted by atomic mass is 16.5. The summed E-state index contributed by atoms with van der Waals surface area (Å²) in [5.41, 5.74) is 3.30. The molecular weight excluding hydrogens is 470 g/mol. The SMILES string of the molecule is CCOC(=O)CCN1CCc2ccc(NC(=O)COC3CCNCC3)cc2C1.O=C(O)/C=C\C(=O)O. The largest absolute Gasteiger partial charge is 0.478 e. The molecule has 1 amide bonds. The highest BCUT2D eigenvalue weighted by Gasteiger charge is 2.19. The van der Waals surface area contributed by atoms with Gasteiger partial charge in [0.05, 0.1) is 19.1 Å². The van der Waals surface area contributed by atoms with Crippen LogP contribution in [-0.2, 0) is 41.6 Å². The number of benzene rings is 1. The Morgan fingerprint density at radius 2 is 1.81 bits per heavy atom. The number of rotatable bonds is 10. The number of nitrogens with one attached hydrogen (secondary N) is 2. The van der Waals surface area contributed by atoms with Gasteiger partial charge in [-0.3, -0.25) is 14.5 Å².